The Morgan fingerprint density at radius 2 is 2.22 bits per heavy atom. The van der Waals surface area contributed by atoms with E-state index in [4.69, 9.17) is 16.3 Å². The average molecular weight is 406 g/mol. The lowest BCUT2D eigenvalue weighted by molar-refractivity contribution is 0.0957. The highest BCUT2D eigenvalue weighted by Gasteiger charge is 2.21. The zero-order chi connectivity index (χ0) is 19.0. The van der Waals surface area contributed by atoms with Crippen LogP contribution in [-0.4, -0.2) is 48.6 Å². The number of fused-ring (bicyclic) bond motifs is 1. The second-order valence-corrected chi connectivity index (χ2v) is 7.98. The molecule has 0 radical (unpaired) electrons. The first-order chi connectivity index (χ1) is 13.0. The molecule has 7 nitrogen and oxygen atoms in total. The fourth-order valence-corrected chi connectivity index (χ4v) is 4.31. The molecule has 1 aliphatic heterocycles. The second-order valence-electron chi connectivity index (χ2n) is 6.65. The Bertz CT molecular complexity index is 993. The molecule has 3 aromatic heterocycles. The summed E-state index contributed by atoms with van der Waals surface area (Å²) >= 11 is 7.25. The number of Topliss-reactive ketones (excluding diaryl/α,β-unsaturated/α-hetero) is 1. The van der Waals surface area contributed by atoms with Crippen LogP contribution in [0.4, 0.5) is 0 Å². The van der Waals surface area contributed by atoms with E-state index < -0.39 is 0 Å². The Hall–Kier alpha value is -1.90. The van der Waals surface area contributed by atoms with Crippen LogP contribution in [-0.2, 0) is 11.3 Å². The van der Waals surface area contributed by atoms with Gasteiger partial charge in [0.15, 0.2) is 11.4 Å². The van der Waals surface area contributed by atoms with Gasteiger partial charge in [0.25, 0.3) is 0 Å². The van der Waals surface area contributed by atoms with E-state index in [1.165, 1.54) is 11.8 Å². The molecule has 1 atom stereocenters. The number of hydrogen-bond acceptors (Lipinski definition) is 6. The van der Waals surface area contributed by atoms with E-state index in [1.807, 2.05) is 19.9 Å². The van der Waals surface area contributed by atoms with Crippen LogP contribution in [0, 0.1) is 13.8 Å². The molecule has 1 unspecified atom stereocenters. The number of aromatic nitrogens is 5. The molecule has 4 heterocycles. The van der Waals surface area contributed by atoms with Crippen LogP contribution in [0.25, 0.3) is 5.65 Å². The van der Waals surface area contributed by atoms with E-state index in [2.05, 4.69) is 19.9 Å². The minimum Gasteiger partial charge on any atom is -0.376 e. The van der Waals surface area contributed by atoms with E-state index in [0.717, 1.165) is 42.9 Å². The molecular formula is C18H20ClN5O2S. The maximum absolute atomic E-state index is 12.8. The third-order valence-corrected chi connectivity index (χ3v) is 5.94. The van der Waals surface area contributed by atoms with Crippen molar-refractivity contribution < 1.29 is 9.53 Å². The van der Waals surface area contributed by atoms with Crippen molar-refractivity contribution in [1.29, 1.82) is 0 Å². The summed E-state index contributed by atoms with van der Waals surface area (Å²) in [6, 6.07) is 5.37. The second kappa shape index (κ2) is 7.61. The Kier molecular flexibility index (Phi) is 5.21. The van der Waals surface area contributed by atoms with Gasteiger partial charge in [-0.3, -0.25) is 4.79 Å². The first kappa shape index (κ1) is 18.5. The van der Waals surface area contributed by atoms with Gasteiger partial charge in [0.1, 0.15) is 5.15 Å². The maximum Gasteiger partial charge on any atom is 0.212 e. The molecule has 0 spiro atoms. The summed E-state index contributed by atoms with van der Waals surface area (Å²) in [5.41, 5.74) is 3.42. The molecule has 0 saturated carbocycles. The van der Waals surface area contributed by atoms with E-state index in [9.17, 15) is 4.79 Å². The molecule has 0 aliphatic carbocycles. The highest BCUT2D eigenvalue weighted by molar-refractivity contribution is 7.99. The van der Waals surface area contributed by atoms with E-state index in [0.29, 0.717) is 16.0 Å². The first-order valence-corrected chi connectivity index (χ1v) is 10.2. The van der Waals surface area contributed by atoms with Gasteiger partial charge in [0, 0.05) is 30.1 Å². The molecule has 1 saturated heterocycles. The van der Waals surface area contributed by atoms with Crippen molar-refractivity contribution in [3.8, 4) is 0 Å². The van der Waals surface area contributed by atoms with Gasteiger partial charge in [0.05, 0.1) is 11.9 Å². The maximum atomic E-state index is 12.8. The number of rotatable bonds is 6. The zero-order valence-corrected chi connectivity index (χ0v) is 16.8. The normalized spacial score (nSPS) is 17.1. The summed E-state index contributed by atoms with van der Waals surface area (Å²) < 4.78 is 9.48. The number of nitrogens with zero attached hydrogens (tertiary/aromatic N) is 5. The number of carbonyl (C=O) groups is 1. The van der Waals surface area contributed by atoms with Gasteiger partial charge in [-0.1, -0.05) is 23.4 Å². The van der Waals surface area contributed by atoms with Gasteiger partial charge in [-0.25, -0.2) is 0 Å². The molecule has 142 valence electrons. The third-order valence-electron chi connectivity index (χ3n) is 4.82. The largest absolute Gasteiger partial charge is 0.376 e. The molecule has 3 aromatic rings. The van der Waals surface area contributed by atoms with Crippen LogP contribution in [0.5, 0.6) is 0 Å². The van der Waals surface area contributed by atoms with Gasteiger partial charge >= 0.3 is 0 Å². The van der Waals surface area contributed by atoms with Crippen molar-refractivity contribution in [2.75, 3.05) is 12.4 Å². The molecule has 0 aromatic carbocycles. The summed E-state index contributed by atoms with van der Waals surface area (Å²) in [7, 11) is 0. The minimum absolute atomic E-state index is 0.0606. The van der Waals surface area contributed by atoms with Crippen molar-refractivity contribution in [3.05, 3.63) is 40.3 Å². The number of ether oxygens (including phenoxy) is 1. The Labute approximate surface area is 166 Å². The molecule has 9 heteroatoms. The summed E-state index contributed by atoms with van der Waals surface area (Å²) in [4.78, 5) is 12.8. The van der Waals surface area contributed by atoms with Gasteiger partial charge in [-0.15, -0.1) is 10.2 Å². The molecule has 1 aliphatic rings. The van der Waals surface area contributed by atoms with E-state index in [1.54, 1.807) is 16.6 Å². The number of aryl methyl sites for hydroxylation is 1. The lowest BCUT2D eigenvalue weighted by atomic mass is 10.2. The minimum atomic E-state index is 0.0606. The van der Waals surface area contributed by atoms with Gasteiger partial charge < -0.3 is 9.30 Å². The predicted molar refractivity (Wildman–Crippen MR) is 104 cm³/mol. The lowest BCUT2D eigenvalue weighted by Crippen LogP contribution is -2.17. The average Bonchev–Trinajstić information content (AvgIpc) is 3.36. The summed E-state index contributed by atoms with van der Waals surface area (Å²) in [6.45, 7) is 5.66. The van der Waals surface area contributed by atoms with Gasteiger partial charge in [0.2, 0.25) is 5.16 Å². The van der Waals surface area contributed by atoms with Crippen LogP contribution in [0.15, 0.2) is 23.4 Å². The number of thioether (sulfide) groups is 1. The molecular weight excluding hydrogens is 386 g/mol. The number of halogens is 1. The van der Waals surface area contributed by atoms with Crippen molar-refractivity contribution >= 4 is 34.8 Å². The SMILES string of the molecule is Cc1cc(C(=O)CSc2nnc3ccc(Cl)nn23)c(C)n1CC1CCCO1. The Morgan fingerprint density at radius 3 is 3.00 bits per heavy atom. The predicted octanol–water partition coefficient (Wildman–Crippen LogP) is 3.35. The fourth-order valence-electron chi connectivity index (χ4n) is 3.40. The Morgan fingerprint density at radius 1 is 1.37 bits per heavy atom. The van der Waals surface area contributed by atoms with Crippen molar-refractivity contribution in [3.63, 3.8) is 0 Å². The number of hydrogen-bond donors (Lipinski definition) is 0. The van der Waals surface area contributed by atoms with Crippen LogP contribution in [0.2, 0.25) is 5.15 Å². The molecule has 1 fully saturated rings. The van der Waals surface area contributed by atoms with E-state index in [-0.39, 0.29) is 17.6 Å². The van der Waals surface area contributed by atoms with Crippen LogP contribution in [0.1, 0.15) is 34.6 Å². The highest BCUT2D eigenvalue weighted by Crippen LogP contribution is 2.23. The third kappa shape index (κ3) is 3.74. The van der Waals surface area contributed by atoms with Crippen molar-refractivity contribution in [2.45, 2.75) is 44.5 Å². The first-order valence-electron chi connectivity index (χ1n) is 8.85. The smallest absolute Gasteiger partial charge is 0.212 e. The van der Waals surface area contributed by atoms with Crippen LogP contribution in [0.3, 0.4) is 0 Å². The summed E-state index contributed by atoms with van der Waals surface area (Å²) in [5, 5.41) is 13.2. The summed E-state index contributed by atoms with van der Waals surface area (Å²) in [6.07, 6.45) is 2.42. The van der Waals surface area contributed by atoms with E-state index >= 15 is 0 Å². The van der Waals surface area contributed by atoms with Crippen LogP contribution < -0.4 is 0 Å². The summed E-state index contributed by atoms with van der Waals surface area (Å²) in [5.74, 6) is 0.324. The lowest BCUT2D eigenvalue weighted by Gasteiger charge is -2.14. The molecule has 27 heavy (non-hydrogen) atoms. The molecule has 0 N–H and O–H groups in total. The highest BCUT2D eigenvalue weighted by atomic mass is 35.5. The Balaban J connectivity index is 1.48. The van der Waals surface area contributed by atoms with Gasteiger partial charge in [-0.05, 0) is 44.9 Å². The van der Waals surface area contributed by atoms with Crippen molar-refractivity contribution in [2.24, 2.45) is 0 Å². The zero-order valence-electron chi connectivity index (χ0n) is 15.2. The fraction of sp³-hybridized carbons (Fsp3) is 0.444. The quantitative estimate of drug-likeness (QED) is 0.462. The standard InChI is InChI=1S/C18H20ClN5O2S/c1-11-8-14(12(2)23(11)9-13-4-3-7-26-13)15(25)10-27-18-21-20-17-6-5-16(19)22-24(17)18/h5-6,8,13H,3-4,7,9-10H2,1-2H3. The van der Waals surface area contributed by atoms with Crippen molar-refractivity contribution in [1.82, 2.24) is 24.4 Å². The van der Waals surface area contributed by atoms with Gasteiger partial charge in [-0.2, -0.15) is 9.61 Å². The molecule has 0 amide bonds. The molecule has 0 bridgehead atoms. The van der Waals surface area contributed by atoms with Crippen LogP contribution >= 0.6 is 23.4 Å². The monoisotopic (exact) mass is 405 g/mol. The molecule has 4 rings (SSSR count). The number of carbonyl (C=O) groups excluding carboxylic acids is 1. The topological polar surface area (TPSA) is 74.3 Å². The number of ketones is 1.